The lowest BCUT2D eigenvalue weighted by Gasteiger charge is -2.24. The van der Waals surface area contributed by atoms with Crippen LogP contribution in [-0.4, -0.2) is 95.7 Å². The van der Waals surface area contributed by atoms with Crippen LogP contribution in [-0.2, 0) is 34.0 Å². The maximum atomic E-state index is 10.3. The Hall–Kier alpha value is -3.35. The summed E-state index contributed by atoms with van der Waals surface area (Å²) in [5.74, 6) is -5.02. The molecule has 200 valence electrons. The monoisotopic (exact) mass is 507 g/mol. The van der Waals surface area contributed by atoms with Crippen molar-refractivity contribution in [2.24, 2.45) is 0 Å². The van der Waals surface area contributed by atoms with E-state index in [0.29, 0.717) is 0 Å². The quantitative estimate of drug-likeness (QED) is 0.291. The molecule has 2 aromatic heterocycles. The van der Waals surface area contributed by atoms with Gasteiger partial charge in [0.05, 0.1) is 19.0 Å². The average molecular weight is 508 g/mol. The van der Waals surface area contributed by atoms with Crippen molar-refractivity contribution in [3.63, 3.8) is 0 Å². The zero-order chi connectivity index (χ0) is 27.3. The van der Waals surface area contributed by atoms with Crippen molar-refractivity contribution in [1.29, 1.82) is 0 Å². The van der Waals surface area contributed by atoms with Crippen LogP contribution in [0.15, 0.2) is 30.7 Å². The fraction of sp³-hybridized carbons (Fsp3) is 0.542. The molecule has 12 heteroatoms. The number of aromatic nitrogens is 3. The Bertz CT molecular complexity index is 962. The number of carboxylic acid groups (broad SMARTS) is 3. The number of carboxylic acids is 3. The number of aliphatic hydroxyl groups is 1. The summed E-state index contributed by atoms with van der Waals surface area (Å²) in [6.07, 6.45) is 4.63. The second-order valence-corrected chi connectivity index (χ2v) is 8.83. The van der Waals surface area contributed by atoms with Gasteiger partial charge < -0.3 is 25.3 Å². The first kappa shape index (κ1) is 30.7. The Morgan fingerprint density at radius 3 is 2.14 bits per heavy atom. The summed E-state index contributed by atoms with van der Waals surface area (Å²) in [4.78, 5) is 39.4. The van der Waals surface area contributed by atoms with Crippen LogP contribution < -0.4 is 0 Å². The molecule has 0 radical (unpaired) electrons. The van der Waals surface area contributed by atoms with Crippen LogP contribution in [0.25, 0.3) is 0 Å². The first-order chi connectivity index (χ1) is 16.9. The number of aliphatic carboxylic acids is 3. The van der Waals surface area contributed by atoms with Crippen molar-refractivity contribution in [2.75, 3.05) is 27.2 Å². The third kappa shape index (κ3) is 10.9. The molecule has 0 spiro atoms. The molecule has 2 aromatic rings. The van der Waals surface area contributed by atoms with Crippen LogP contribution in [0, 0.1) is 6.92 Å². The highest BCUT2D eigenvalue weighted by atomic mass is 16.4. The molecule has 12 nitrogen and oxygen atoms in total. The average Bonchev–Trinajstić information content (AvgIpc) is 3.11. The fourth-order valence-corrected chi connectivity index (χ4v) is 3.34. The third-order valence-corrected chi connectivity index (χ3v) is 5.31. The summed E-state index contributed by atoms with van der Waals surface area (Å²) in [6, 6.07) is 4.15. The Kier molecular flexibility index (Phi) is 12.7. The number of pyridine rings is 1. The van der Waals surface area contributed by atoms with Gasteiger partial charge in [-0.25, -0.2) is 4.79 Å². The second-order valence-electron chi connectivity index (χ2n) is 8.83. The van der Waals surface area contributed by atoms with Crippen LogP contribution in [0.5, 0.6) is 0 Å². The van der Waals surface area contributed by atoms with Gasteiger partial charge in [-0.3, -0.25) is 24.2 Å². The van der Waals surface area contributed by atoms with Crippen molar-refractivity contribution >= 4 is 17.9 Å². The molecule has 2 heterocycles. The second kappa shape index (κ2) is 14.9. The summed E-state index contributed by atoms with van der Waals surface area (Å²) < 4.78 is 2.11. The minimum Gasteiger partial charge on any atom is -0.481 e. The lowest BCUT2D eigenvalue weighted by Crippen LogP contribution is -2.42. The van der Waals surface area contributed by atoms with Crippen molar-refractivity contribution in [2.45, 2.75) is 58.3 Å². The van der Waals surface area contributed by atoms with Crippen LogP contribution in [0.2, 0.25) is 0 Å². The third-order valence-electron chi connectivity index (χ3n) is 5.31. The molecule has 0 aliphatic carbocycles. The Morgan fingerprint density at radius 1 is 1.03 bits per heavy atom. The van der Waals surface area contributed by atoms with Crippen LogP contribution >= 0.6 is 0 Å². The van der Waals surface area contributed by atoms with E-state index < -0.39 is 36.4 Å². The zero-order valence-electron chi connectivity index (χ0n) is 21.3. The van der Waals surface area contributed by atoms with Crippen LogP contribution in [0.4, 0.5) is 0 Å². The van der Waals surface area contributed by atoms with Crippen LogP contribution in [0.1, 0.15) is 43.0 Å². The number of aryl methyl sites for hydroxylation is 1. The summed E-state index contributed by atoms with van der Waals surface area (Å²) in [6.45, 7) is 9.27. The van der Waals surface area contributed by atoms with Crippen LogP contribution in [0.3, 0.4) is 0 Å². The normalized spacial score (nSPS) is 11.3. The van der Waals surface area contributed by atoms with Crippen molar-refractivity contribution in [3.05, 3.63) is 47.5 Å². The van der Waals surface area contributed by atoms with E-state index in [1.807, 2.05) is 24.7 Å². The minimum absolute atomic E-state index is 0.917. The molecule has 0 aromatic carbocycles. The fourth-order valence-electron chi connectivity index (χ4n) is 3.34. The van der Waals surface area contributed by atoms with Gasteiger partial charge in [-0.05, 0) is 39.1 Å². The maximum absolute atomic E-state index is 10.3. The Balaban J connectivity index is 0.000000426. The standard InChI is InChI=1S/C18H29N5.C6H8O7/c1-5-9-23-16(2)18(13-20-23)15-22(11-10-21(3)4)14-17-7-6-8-19-12-17;7-3(8)1-6(13,5(11)12)2-4(9)10/h6-8,12-13H,5,9-11,14-15H2,1-4H3;13H,1-2H2,(H,7,8)(H,9,10)(H,11,12). The van der Waals surface area contributed by atoms with E-state index in [4.69, 9.17) is 20.4 Å². The molecule has 0 fully saturated rings. The number of rotatable bonds is 14. The molecule has 0 bridgehead atoms. The molecule has 0 amide bonds. The summed E-state index contributed by atoms with van der Waals surface area (Å²) in [5, 5.41) is 38.3. The van der Waals surface area contributed by atoms with Crippen molar-refractivity contribution in [3.8, 4) is 0 Å². The highest BCUT2D eigenvalue weighted by molar-refractivity contribution is 5.88. The van der Waals surface area contributed by atoms with Gasteiger partial charge in [0.15, 0.2) is 5.60 Å². The highest BCUT2D eigenvalue weighted by Gasteiger charge is 2.40. The molecule has 0 atom stereocenters. The molecular weight excluding hydrogens is 470 g/mol. The number of likely N-dealkylation sites (N-methyl/N-ethyl adjacent to an activating group) is 1. The van der Waals surface area contributed by atoms with Gasteiger partial charge in [0.2, 0.25) is 0 Å². The van der Waals surface area contributed by atoms with E-state index in [1.54, 1.807) is 0 Å². The van der Waals surface area contributed by atoms with Gasteiger partial charge in [0.25, 0.3) is 0 Å². The molecule has 0 aliphatic rings. The largest absolute Gasteiger partial charge is 0.481 e. The van der Waals surface area contributed by atoms with E-state index in [0.717, 1.165) is 39.1 Å². The van der Waals surface area contributed by atoms with E-state index in [2.05, 4.69) is 58.6 Å². The molecule has 0 unspecified atom stereocenters. The lowest BCUT2D eigenvalue weighted by atomic mass is 9.96. The maximum Gasteiger partial charge on any atom is 0.336 e. The number of hydrogen-bond acceptors (Lipinski definition) is 8. The van der Waals surface area contributed by atoms with Gasteiger partial charge in [0.1, 0.15) is 0 Å². The van der Waals surface area contributed by atoms with Crippen molar-refractivity contribution in [1.82, 2.24) is 24.6 Å². The van der Waals surface area contributed by atoms with E-state index in [1.165, 1.54) is 16.8 Å². The van der Waals surface area contributed by atoms with E-state index in [-0.39, 0.29) is 0 Å². The predicted octanol–water partition coefficient (Wildman–Crippen LogP) is 1.31. The molecule has 4 N–H and O–H groups in total. The highest BCUT2D eigenvalue weighted by Crippen LogP contribution is 2.16. The van der Waals surface area contributed by atoms with Gasteiger partial charge in [0, 0.05) is 56.4 Å². The summed E-state index contributed by atoms with van der Waals surface area (Å²) >= 11 is 0. The van der Waals surface area contributed by atoms with E-state index in [9.17, 15) is 14.4 Å². The first-order valence-electron chi connectivity index (χ1n) is 11.5. The molecular formula is C24H37N5O7. The zero-order valence-corrected chi connectivity index (χ0v) is 21.3. The number of nitrogens with zero attached hydrogens (tertiary/aromatic N) is 5. The minimum atomic E-state index is -2.74. The predicted molar refractivity (Wildman–Crippen MR) is 131 cm³/mol. The van der Waals surface area contributed by atoms with Gasteiger partial charge in [-0.15, -0.1) is 0 Å². The summed E-state index contributed by atoms with van der Waals surface area (Å²) in [5.41, 5.74) is 1.12. The van der Waals surface area contributed by atoms with Crippen molar-refractivity contribution < 1.29 is 34.8 Å². The Labute approximate surface area is 210 Å². The molecule has 2 rings (SSSR count). The number of carbonyl (C=O) groups is 3. The smallest absolute Gasteiger partial charge is 0.336 e. The first-order valence-corrected chi connectivity index (χ1v) is 11.5. The van der Waals surface area contributed by atoms with Gasteiger partial charge in [-0.2, -0.15) is 5.10 Å². The topological polar surface area (TPSA) is 169 Å². The van der Waals surface area contributed by atoms with Gasteiger partial charge in [-0.1, -0.05) is 13.0 Å². The summed E-state index contributed by atoms with van der Waals surface area (Å²) in [7, 11) is 4.24. The van der Waals surface area contributed by atoms with E-state index >= 15 is 0 Å². The van der Waals surface area contributed by atoms with Gasteiger partial charge >= 0.3 is 17.9 Å². The Morgan fingerprint density at radius 2 is 1.67 bits per heavy atom. The molecule has 0 saturated carbocycles. The molecule has 0 saturated heterocycles. The SMILES string of the molecule is CCCn1ncc(CN(CCN(C)C)Cc2cccnc2)c1C.O=C(O)CC(O)(CC(=O)O)C(=O)O. The number of hydrogen-bond donors (Lipinski definition) is 4. The molecule has 36 heavy (non-hydrogen) atoms. The molecule has 0 aliphatic heterocycles. The lowest BCUT2D eigenvalue weighted by molar-refractivity contribution is -0.170.